The summed E-state index contributed by atoms with van der Waals surface area (Å²) in [5, 5.41) is 2.96. The highest BCUT2D eigenvalue weighted by Crippen LogP contribution is 2.25. The minimum atomic E-state index is -0.289. The fourth-order valence-electron chi connectivity index (χ4n) is 3.15. The molecule has 2 aromatic carbocycles. The molecular weight excluding hydrogens is 312 g/mol. The molecule has 0 radical (unpaired) electrons. The van der Waals surface area contributed by atoms with Gasteiger partial charge in [-0.15, -0.1) is 0 Å². The number of anilines is 1. The van der Waals surface area contributed by atoms with Crippen LogP contribution in [0.2, 0.25) is 0 Å². The van der Waals surface area contributed by atoms with Crippen LogP contribution in [0.25, 0.3) is 0 Å². The van der Waals surface area contributed by atoms with Gasteiger partial charge in [0, 0.05) is 25.2 Å². The van der Waals surface area contributed by atoms with E-state index in [1.807, 2.05) is 43.3 Å². The van der Waals surface area contributed by atoms with E-state index in [0.717, 1.165) is 23.2 Å². The second kappa shape index (κ2) is 7.51. The molecule has 0 spiro atoms. The highest BCUT2D eigenvalue weighted by molar-refractivity contribution is 6.00. The number of carbonyl (C=O) groups excluding carboxylic acids is 2. The molecule has 0 bridgehead atoms. The lowest BCUT2D eigenvalue weighted by molar-refractivity contribution is -0.126. The number of rotatable bonds is 5. The first kappa shape index (κ1) is 17.2. The van der Waals surface area contributed by atoms with Gasteiger partial charge in [0.25, 0.3) is 0 Å². The third-order valence-electron chi connectivity index (χ3n) is 4.71. The summed E-state index contributed by atoms with van der Waals surface area (Å²) in [7, 11) is 0. The van der Waals surface area contributed by atoms with Crippen LogP contribution in [0.4, 0.5) is 5.69 Å². The van der Waals surface area contributed by atoms with Crippen molar-refractivity contribution >= 4 is 17.5 Å². The van der Waals surface area contributed by atoms with E-state index in [9.17, 15) is 9.59 Å². The van der Waals surface area contributed by atoms with Crippen molar-refractivity contribution in [1.29, 1.82) is 0 Å². The first-order valence-corrected chi connectivity index (χ1v) is 8.79. The van der Waals surface area contributed by atoms with E-state index in [1.54, 1.807) is 4.90 Å². The molecule has 3 rings (SSSR count). The predicted octanol–water partition coefficient (Wildman–Crippen LogP) is 3.23. The molecule has 1 saturated heterocycles. The Morgan fingerprint density at radius 2 is 1.88 bits per heavy atom. The number of benzene rings is 2. The fraction of sp³-hybridized carbons (Fsp3) is 0.333. The van der Waals surface area contributed by atoms with Gasteiger partial charge in [-0.2, -0.15) is 0 Å². The van der Waals surface area contributed by atoms with Crippen LogP contribution in [-0.4, -0.2) is 18.4 Å². The first-order valence-electron chi connectivity index (χ1n) is 8.79. The van der Waals surface area contributed by atoms with Crippen molar-refractivity contribution in [1.82, 2.24) is 5.32 Å². The van der Waals surface area contributed by atoms with Gasteiger partial charge in [-0.25, -0.2) is 0 Å². The zero-order valence-electron chi connectivity index (χ0n) is 14.8. The quantitative estimate of drug-likeness (QED) is 0.911. The molecule has 1 aliphatic rings. The van der Waals surface area contributed by atoms with Crippen LogP contribution < -0.4 is 10.2 Å². The van der Waals surface area contributed by atoms with Crippen molar-refractivity contribution in [2.24, 2.45) is 5.92 Å². The summed E-state index contributed by atoms with van der Waals surface area (Å²) in [5.74, 6) is -0.330. The molecule has 2 aromatic rings. The van der Waals surface area contributed by atoms with E-state index in [-0.39, 0.29) is 24.2 Å². The molecule has 0 aromatic heterocycles. The maximum Gasteiger partial charge on any atom is 0.227 e. The fourth-order valence-corrected chi connectivity index (χ4v) is 3.15. The molecule has 1 heterocycles. The van der Waals surface area contributed by atoms with Crippen LogP contribution in [0.5, 0.6) is 0 Å². The van der Waals surface area contributed by atoms with Gasteiger partial charge in [0.2, 0.25) is 11.8 Å². The van der Waals surface area contributed by atoms with Gasteiger partial charge >= 0.3 is 0 Å². The van der Waals surface area contributed by atoms with Gasteiger partial charge in [0.15, 0.2) is 0 Å². The molecule has 2 amide bonds. The zero-order valence-corrected chi connectivity index (χ0v) is 14.8. The summed E-state index contributed by atoms with van der Waals surface area (Å²) in [6, 6.07) is 16.1. The number of nitrogens with one attached hydrogen (secondary N) is 1. The standard InChI is InChI=1S/C21H24N2O2/c1-3-16-7-9-17(10-8-16)13-22-21(25)18-12-20(24)23(14-18)19-6-4-5-15(2)11-19/h4-11,18H,3,12-14H2,1-2H3,(H,22,25)/t18-/m1/s1. The predicted molar refractivity (Wildman–Crippen MR) is 99.3 cm³/mol. The van der Waals surface area contributed by atoms with E-state index in [1.165, 1.54) is 5.56 Å². The van der Waals surface area contributed by atoms with Gasteiger partial charge in [-0.3, -0.25) is 9.59 Å². The average molecular weight is 336 g/mol. The number of amides is 2. The van der Waals surface area contributed by atoms with E-state index in [2.05, 4.69) is 24.4 Å². The average Bonchev–Trinajstić information content (AvgIpc) is 3.02. The normalized spacial score (nSPS) is 17.0. The number of nitrogens with zero attached hydrogens (tertiary/aromatic N) is 1. The highest BCUT2D eigenvalue weighted by atomic mass is 16.2. The Labute approximate surface area is 148 Å². The molecule has 4 heteroatoms. The first-order chi connectivity index (χ1) is 12.1. The van der Waals surface area contributed by atoms with Gasteiger partial charge in [-0.05, 0) is 42.2 Å². The minimum absolute atomic E-state index is 0.0121. The second-order valence-electron chi connectivity index (χ2n) is 6.63. The Hall–Kier alpha value is -2.62. The van der Waals surface area contributed by atoms with Crippen molar-refractivity contribution in [3.05, 3.63) is 65.2 Å². The molecule has 0 saturated carbocycles. The highest BCUT2D eigenvalue weighted by Gasteiger charge is 2.34. The van der Waals surface area contributed by atoms with Gasteiger partial charge < -0.3 is 10.2 Å². The summed E-state index contributed by atoms with van der Waals surface area (Å²) < 4.78 is 0. The number of hydrogen-bond acceptors (Lipinski definition) is 2. The van der Waals surface area contributed by atoms with Crippen LogP contribution in [0.15, 0.2) is 48.5 Å². The van der Waals surface area contributed by atoms with Gasteiger partial charge in [0.1, 0.15) is 0 Å². The molecule has 0 unspecified atom stereocenters. The third kappa shape index (κ3) is 4.08. The van der Waals surface area contributed by atoms with E-state index >= 15 is 0 Å². The summed E-state index contributed by atoms with van der Waals surface area (Å²) in [4.78, 5) is 26.4. The third-order valence-corrected chi connectivity index (χ3v) is 4.71. The zero-order chi connectivity index (χ0) is 17.8. The number of aryl methyl sites for hydroxylation is 2. The Balaban J connectivity index is 1.58. The van der Waals surface area contributed by atoms with Gasteiger partial charge in [-0.1, -0.05) is 43.3 Å². The Morgan fingerprint density at radius 3 is 2.56 bits per heavy atom. The Kier molecular flexibility index (Phi) is 5.17. The lowest BCUT2D eigenvalue weighted by Crippen LogP contribution is -2.32. The SMILES string of the molecule is CCc1ccc(CNC(=O)[C@@H]2CC(=O)N(c3cccc(C)c3)C2)cc1. The van der Waals surface area contributed by atoms with Crippen LogP contribution in [-0.2, 0) is 22.6 Å². The maximum absolute atomic E-state index is 12.4. The smallest absolute Gasteiger partial charge is 0.227 e. The van der Waals surface area contributed by atoms with Crippen LogP contribution in [0.3, 0.4) is 0 Å². The summed E-state index contributed by atoms with van der Waals surface area (Å²) >= 11 is 0. The molecule has 1 atom stereocenters. The summed E-state index contributed by atoms with van der Waals surface area (Å²) in [6.45, 7) is 5.06. The van der Waals surface area contributed by atoms with Crippen LogP contribution in [0.1, 0.15) is 30.0 Å². The molecule has 1 aliphatic heterocycles. The Morgan fingerprint density at radius 1 is 1.16 bits per heavy atom. The lowest BCUT2D eigenvalue weighted by Gasteiger charge is -2.17. The minimum Gasteiger partial charge on any atom is -0.352 e. The number of hydrogen-bond donors (Lipinski definition) is 1. The molecule has 1 N–H and O–H groups in total. The monoisotopic (exact) mass is 336 g/mol. The van der Waals surface area contributed by atoms with Crippen molar-refractivity contribution in [3.63, 3.8) is 0 Å². The topological polar surface area (TPSA) is 49.4 Å². The molecule has 25 heavy (non-hydrogen) atoms. The lowest BCUT2D eigenvalue weighted by atomic mass is 10.1. The Bertz CT molecular complexity index is 768. The van der Waals surface area contributed by atoms with Gasteiger partial charge in [0.05, 0.1) is 5.92 Å². The van der Waals surface area contributed by atoms with E-state index in [4.69, 9.17) is 0 Å². The van der Waals surface area contributed by atoms with E-state index < -0.39 is 0 Å². The van der Waals surface area contributed by atoms with E-state index in [0.29, 0.717) is 13.1 Å². The molecule has 0 aliphatic carbocycles. The largest absolute Gasteiger partial charge is 0.352 e. The van der Waals surface area contributed by atoms with Crippen molar-refractivity contribution < 1.29 is 9.59 Å². The summed E-state index contributed by atoms with van der Waals surface area (Å²) in [6.07, 6.45) is 1.28. The molecule has 4 nitrogen and oxygen atoms in total. The van der Waals surface area contributed by atoms with Crippen molar-refractivity contribution in [2.45, 2.75) is 33.2 Å². The maximum atomic E-state index is 12.4. The van der Waals surface area contributed by atoms with Crippen LogP contribution in [0, 0.1) is 12.8 Å². The molecule has 130 valence electrons. The van der Waals surface area contributed by atoms with Crippen LogP contribution >= 0.6 is 0 Å². The van der Waals surface area contributed by atoms with Crippen molar-refractivity contribution in [3.8, 4) is 0 Å². The second-order valence-corrected chi connectivity index (χ2v) is 6.63. The van der Waals surface area contributed by atoms with Crippen molar-refractivity contribution in [2.75, 3.05) is 11.4 Å². The summed E-state index contributed by atoms with van der Waals surface area (Å²) in [5.41, 5.74) is 4.33. The molecule has 1 fully saturated rings. The number of carbonyl (C=O) groups is 2. The molecular formula is C21H24N2O2.